The molecular weight excluding hydrogens is 330 g/mol. The van der Waals surface area contributed by atoms with Crippen molar-refractivity contribution in [3.05, 3.63) is 29.8 Å². The maximum Gasteiger partial charge on any atom is 0.238 e. The van der Waals surface area contributed by atoms with E-state index in [2.05, 4.69) is 5.32 Å². The molecule has 1 aromatic carbocycles. The summed E-state index contributed by atoms with van der Waals surface area (Å²) in [6.45, 7) is 6.42. The minimum atomic E-state index is -3.70. The minimum absolute atomic E-state index is 0.0444. The molecule has 0 unspecified atom stereocenters. The van der Waals surface area contributed by atoms with E-state index in [4.69, 9.17) is 5.14 Å². The number of benzene rings is 1. The molecule has 2 amide bonds. The third-order valence-electron chi connectivity index (χ3n) is 3.57. The van der Waals surface area contributed by atoms with Gasteiger partial charge in [0.1, 0.15) is 0 Å². The van der Waals surface area contributed by atoms with Crippen LogP contribution in [0.25, 0.3) is 0 Å². The van der Waals surface area contributed by atoms with Gasteiger partial charge in [0.15, 0.2) is 0 Å². The Labute approximate surface area is 143 Å². The second kappa shape index (κ2) is 8.79. The highest BCUT2D eigenvalue weighted by molar-refractivity contribution is 7.89. The van der Waals surface area contributed by atoms with Gasteiger partial charge in [0, 0.05) is 32.5 Å². The summed E-state index contributed by atoms with van der Waals surface area (Å²) in [5, 5.41) is 7.83. The topological polar surface area (TPSA) is 110 Å². The van der Waals surface area contributed by atoms with Crippen LogP contribution in [0, 0.1) is 5.92 Å². The molecule has 0 aliphatic rings. The van der Waals surface area contributed by atoms with Crippen LogP contribution in [0.3, 0.4) is 0 Å². The van der Waals surface area contributed by atoms with Crippen molar-refractivity contribution in [1.29, 1.82) is 0 Å². The van der Waals surface area contributed by atoms with Crippen molar-refractivity contribution in [2.45, 2.75) is 32.1 Å². The lowest BCUT2D eigenvalue weighted by atomic mass is 10.1. The molecule has 1 rings (SSSR count). The normalized spacial score (nSPS) is 11.4. The molecule has 24 heavy (non-hydrogen) atoms. The van der Waals surface area contributed by atoms with Gasteiger partial charge < -0.3 is 10.2 Å². The summed E-state index contributed by atoms with van der Waals surface area (Å²) >= 11 is 0. The average Bonchev–Trinajstić information content (AvgIpc) is 2.49. The molecule has 0 saturated heterocycles. The van der Waals surface area contributed by atoms with Gasteiger partial charge in [-0.3, -0.25) is 9.59 Å². The molecule has 0 aliphatic heterocycles. The zero-order valence-corrected chi connectivity index (χ0v) is 15.1. The van der Waals surface area contributed by atoms with Crippen LogP contribution in [0.5, 0.6) is 0 Å². The van der Waals surface area contributed by atoms with Gasteiger partial charge >= 0.3 is 0 Å². The Kier molecular flexibility index (Phi) is 7.37. The molecule has 0 heterocycles. The molecule has 7 nitrogen and oxygen atoms in total. The van der Waals surface area contributed by atoms with Gasteiger partial charge in [-0.2, -0.15) is 0 Å². The summed E-state index contributed by atoms with van der Waals surface area (Å²) in [4.78, 5) is 24.9. The molecule has 0 aliphatic carbocycles. The summed E-state index contributed by atoms with van der Waals surface area (Å²) in [6.07, 6.45) is 0.586. The quantitative estimate of drug-likeness (QED) is 0.707. The molecule has 1 aromatic rings. The van der Waals surface area contributed by atoms with Crippen LogP contribution in [0.4, 0.5) is 0 Å². The second-order valence-electron chi connectivity index (χ2n) is 5.89. The van der Waals surface area contributed by atoms with E-state index in [9.17, 15) is 18.0 Å². The second-order valence-corrected chi connectivity index (χ2v) is 7.45. The van der Waals surface area contributed by atoms with Crippen LogP contribution >= 0.6 is 0 Å². The number of carbonyl (C=O) groups is 2. The van der Waals surface area contributed by atoms with Gasteiger partial charge in [-0.1, -0.05) is 26.0 Å². The number of hydrogen-bond donors (Lipinski definition) is 2. The summed E-state index contributed by atoms with van der Waals surface area (Å²) < 4.78 is 22.4. The largest absolute Gasteiger partial charge is 0.354 e. The maximum absolute atomic E-state index is 11.7. The van der Waals surface area contributed by atoms with E-state index < -0.39 is 10.0 Å². The summed E-state index contributed by atoms with van der Waals surface area (Å²) in [7, 11) is -3.70. The van der Waals surface area contributed by atoms with Crippen molar-refractivity contribution in [3.8, 4) is 0 Å². The number of amides is 2. The first-order chi connectivity index (χ1) is 11.1. The zero-order chi connectivity index (χ0) is 18.3. The van der Waals surface area contributed by atoms with Gasteiger partial charge in [-0.05, 0) is 24.1 Å². The SMILES string of the molecule is CC(=O)N(CCNC(=O)C(C)C)CCc1ccc(S(N)(=O)=O)cc1. The predicted molar refractivity (Wildman–Crippen MR) is 91.6 cm³/mol. The number of carbonyl (C=O) groups excluding carboxylic acids is 2. The van der Waals surface area contributed by atoms with Gasteiger partial charge in [0.2, 0.25) is 21.8 Å². The lowest BCUT2D eigenvalue weighted by molar-refractivity contribution is -0.129. The molecule has 0 saturated carbocycles. The molecule has 0 fully saturated rings. The fourth-order valence-electron chi connectivity index (χ4n) is 2.05. The van der Waals surface area contributed by atoms with Gasteiger partial charge in [-0.25, -0.2) is 13.6 Å². The van der Waals surface area contributed by atoms with Crippen LogP contribution in [0.2, 0.25) is 0 Å². The fraction of sp³-hybridized carbons (Fsp3) is 0.500. The van der Waals surface area contributed by atoms with Crippen molar-refractivity contribution >= 4 is 21.8 Å². The zero-order valence-electron chi connectivity index (χ0n) is 14.3. The number of rotatable bonds is 8. The van der Waals surface area contributed by atoms with E-state index in [0.29, 0.717) is 26.1 Å². The van der Waals surface area contributed by atoms with Gasteiger partial charge in [0.05, 0.1) is 4.90 Å². The highest BCUT2D eigenvalue weighted by Gasteiger charge is 2.11. The van der Waals surface area contributed by atoms with Crippen molar-refractivity contribution < 1.29 is 18.0 Å². The number of nitrogens with two attached hydrogens (primary N) is 1. The predicted octanol–water partition coefficient (Wildman–Crippen LogP) is 0.497. The highest BCUT2D eigenvalue weighted by Crippen LogP contribution is 2.09. The van der Waals surface area contributed by atoms with Crippen molar-refractivity contribution in [2.24, 2.45) is 11.1 Å². The van der Waals surface area contributed by atoms with Crippen molar-refractivity contribution in [2.75, 3.05) is 19.6 Å². The summed E-state index contributed by atoms with van der Waals surface area (Å²) in [5.41, 5.74) is 0.903. The Hall–Kier alpha value is -1.93. The van der Waals surface area contributed by atoms with E-state index in [0.717, 1.165) is 5.56 Å². The van der Waals surface area contributed by atoms with Crippen LogP contribution in [0.15, 0.2) is 29.2 Å². The first-order valence-electron chi connectivity index (χ1n) is 7.76. The van der Waals surface area contributed by atoms with E-state index in [1.807, 2.05) is 13.8 Å². The van der Waals surface area contributed by atoms with Crippen molar-refractivity contribution in [3.63, 3.8) is 0 Å². The number of nitrogens with zero attached hydrogens (tertiary/aromatic N) is 1. The Bertz CT molecular complexity index is 669. The molecule has 0 bridgehead atoms. The number of primary sulfonamides is 1. The Morgan fingerprint density at radius 3 is 2.21 bits per heavy atom. The number of nitrogens with one attached hydrogen (secondary N) is 1. The number of sulfonamides is 1. The molecule has 0 spiro atoms. The molecule has 0 aromatic heterocycles. The smallest absolute Gasteiger partial charge is 0.238 e. The average molecular weight is 355 g/mol. The highest BCUT2D eigenvalue weighted by atomic mass is 32.2. The standard InChI is InChI=1S/C16H25N3O4S/c1-12(2)16(21)18-9-11-19(13(3)20)10-8-14-4-6-15(7-5-14)24(17,22)23/h4-7,12H,8-11H2,1-3H3,(H,18,21)(H2,17,22,23). The van der Waals surface area contributed by atoms with E-state index in [1.54, 1.807) is 17.0 Å². The first kappa shape index (κ1) is 20.1. The van der Waals surface area contributed by atoms with Crippen LogP contribution in [0.1, 0.15) is 26.3 Å². The minimum Gasteiger partial charge on any atom is -0.354 e. The Morgan fingerprint density at radius 1 is 1.17 bits per heavy atom. The maximum atomic E-state index is 11.7. The lowest BCUT2D eigenvalue weighted by Gasteiger charge is -2.21. The van der Waals surface area contributed by atoms with Gasteiger partial charge in [0.25, 0.3) is 0 Å². The fourth-order valence-corrected chi connectivity index (χ4v) is 2.57. The van der Waals surface area contributed by atoms with Crippen LogP contribution < -0.4 is 10.5 Å². The lowest BCUT2D eigenvalue weighted by Crippen LogP contribution is -2.39. The number of hydrogen-bond acceptors (Lipinski definition) is 4. The monoisotopic (exact) mass is 355 g/mol. The van der Waals surface area contributed by atoms with E-state index in [-0.39, 0.29) is 22.6 Å². The molecule has 0 atom stereocenters. The molecule has 0 radical (unpaired) electrons. The Balaban J connectivity index is 2.54. The molecule has 3 N–H and O–H groups in total. The third kappa shape index (κ3) is 6.67. The molecule has 134 valence electrons. The molecular formula is C16H25N3O4S. The summed E-state index contributed by atoms with van der Waals surface area (Å²) in [5.74, 6) is -0.208. The molecule has 8 heteroatoms. The first-order valence-corrected chi connectivity index (χ1v) is 9.31. The Morgan fingerprint density at radius 2 is 1.75 bits per heavy atom. The summed E-state index contributed by atoms with van der Waals surface area (Å²) in [6, 6.07) is 6.26. The van der Waals surface area contributed by atoms with E-state index in [1.165, 1.54) is 19.1 Å². The van der Waals surface area contributed by atoms with Crippen molar-refractivity contribution in [1.82, 2.24) is 10.2 Å². The third-order valence-corrected chi connectivity index (χ3v) is 4.50. The van der Waals surface area contributed by atoms with Gasteiger partial charge in [-0.15, -0.1) is 0 Å². The van der Waals surface area contributed by atoms with Crippen LogP contribution in [-0.2, 0) is 26.0 Å². The van der Waals surface area contributed by atoms with Crippen LogP contribution in [-0.4, -0.2) is 44.8 Å². The van der Waals surface area contributed by atoms with E-state index >= 15 is 0 Å².